The minimum atomic E-state index is -4.99. The van der Waals surface area contributed by atoms with E-state index in [9.17, 15) is 22.8 Å². The molecular formula is C5H6F3NO4. The molecule has 1 amide bonds. The first kappa shape index (κ1) is 11.5. The van der Waals surface area contributed by atoms with Crippen LogP contribution in [-0.4, -0.2) is 36.5 Å². The maximum atomic E-state index is 11.9. The maximum absolute atomic E-state index is 11.9. The number of alkyl halides is 3. The van der Waals surface area contributed by atoms with E-state index in [0.29, 0.717) is 0 Å². The first-order valence-corrected chi connectivity index (χ1v) is 2.93. The molecule has 8 heteroatoms. The number of carbonyl (C=O) groups is 2. The van der Waals surface area contributed by atoms with Crippen LogP contribution in [0.3, 0.4) is 0 Å². The number of nitrogens with one attached hydrogen (secondary N) is 1. The summed E-state index contributed by atoms with van der Waals surface area (Å²) in [6.45, 7) is 0. The van der Waals surface area contributed by atoms with E-state index in [-0.39, 0.29) is 0 Å². The lowest BCUT2D eigenvalue weighted by molar-refractivity contribution is -0.181. The molecule has 0 aromatic heterocycles. The zero-order chi connectivity index (χ0) is 10.6. The third kappa shape index (κ3) is 3.63. The molecule has 0 aromatic rings. The smallest absolute Gasteiger partial charge is 0.419 e. The first-order valence-electron chi connectivity index (χ1n) is 2.93. The van der Waals surface area contributed by atoms with Crippen LogP contribution in [0.4, 0.5) is 18.0 Å². The standard InChI is InChI=1S/C5H6F3NO4/c1-13-3(10)2(5(6,7)8)9-4(11)12/h2,9H,1H3,(H,11,12). The molecule has 0 aromatic carbocycles. The van der Waals surface area contributed by atoms with E-state index in [2.05, 4.69) is 4.74 Å². The third-order valence-electron chi connectivity index (χ3n) is 1.03. The van der Waals surface area contributed by atoms with Gasteiger partial charge in [0, 0.05) is 0 Å². The molecule has 2 N–H and O–H groups in total. The number of esters is 1. The van der Waals surface area contributed by atoms with E-state index in [1.807, 2.05) is 0 Å². The number of rotatable bonds is 2. The second kappa shape index (κ2) is 3.97. The minimum Gasteiger partial charge on any atom is -0.467 e. The zero-order valence-electron chi connectivity index (χ0n) is 6.38. The van der Waals surface area contributed by atoms with E-state index in [0.717, 1.165) is 12.4 Å². The Bertz CT molecular complexity index is 214. The number of ether oxygens (including phenoxy) is 1. The molecule has 0 radical (unpaired) electrons. The van der Waals surface area contributed by atoms with Crippen LogP contribution in [0.5, 0.6) is 0 Å². The Morgan fingerprint density at radius 3 is 2.15 bits per heavy atom. The van der Waals surface area contributed by atoms with Crippen LogP contribution in [0.15, 0.2) is 0 Å². The lowest BCUT2D eigenvalue weighted by Gasteiger charge is -2.16. The Hall–Kier alpha value is -1.47. The van der Waals surface area contributed by atoms with Crippen molar-refractivity contribution in [3.05, 3.63) is 0 Å². The van der Waals surface area contributed by atoms with Gasteiger partial charge < -0.3 is 15.2 Å². The Balaban J connectivity index is 4.56. The van der Waals surface area contributed by atoms with E-state index in [1.54, 1.807) is 0 Å². The lowest BCUT2D eigenvalue weighted by Crippen LogP contribution is -2.50. The van der Waals surface area contributed by atoms with Crippen molar-refractivity contribution in [2.75, 3.05) is 7.11 Å². The SMILES string of the molecule is COC(=O)C(NC(=O)O)C(F)(F)F. The monoisotopic (exact) mass is 201 g/mol. The highest BCUT2D eigenvalue weighted by atomic mass is 19.4. The van der Waals surface area contributed by atoms with E-state index >= 15 is 0 Å². The third-order valence-corrected chi connectivity index (χ3v) is 1.03. The van der Waals surface area contributed by atoms with Crippen molar-refractivity contribution in [3.63, 3.8) is 0 Å². The van der Waals surface area contributed by atoms with Crippen molar-refractivity contribution in [1.29, 1.82) is 0 Å². The van der Waals surface area contributed by atoms with Crippen molar-refractivity contribution < 1.29 is 32.6 Å². The average molecular weight is 201 g/mol. The molecule has 0 spiro atoms. The Kier molecular flexibility index (Phi) is 3.52. The second-order valence-corrected chi connectivity index (χ2v) is 1.95. The Labute approximate surface area is 70.5 Å². The highest BCUT2D eigenvalue weighted by Gasteiger charge is 2.47. The number of amides is 1. The van der Waals surface area contributed by atoms with Crippen LogP contribution < -0.4 is 5.32 Å². The molecule has 1 atom stereocenters. The molecule has 0 saturated heterocycles. The summed E-state index contributed by atoms with van der Waals surface area (Å²) >= 11 is 0. The number of hydrogen-bond donors (Lipinski definition) is 2. The van der Waals surface area contributed by atoms with Gasteiger partial charge in [0.05, 0.1) is 7.11 Å². The molecule has 0 fully saturated rings. The fraction of sp³-hybridized carbons (Fsp3) is 0.600. The molecule has 5 nitrogen and oxygen atoms in total. The topological polar surface area (TPSA) is 75.6 Å². The van der Waals surface area contributed by atoms with E-state index in [4.69, 9.17) is 5.11 Å². The summed E-state index contributed by atoms with van der Waals surface area (Å²) in [5, 5.41) is 8.96. The van der Waals surface area contributed by atoms with Gasteiger partial charge in [-0.15, -0.1) is 0 Å². The number of methoxy groups -OCH3 is 1. The highest BCUT2D eigenvalue weighted by Crippen LogP contribution is 2.20. The summed E-state index contributed by atoms with van der Waals surface area (Å²) in [5.41, 5.74) is 0. The zero-order valence-corrected chi connectivity index (χ0v) is 6.38. The van der Waals surface area contributed by atoms with Crippen molar-refractivity contribution in [1.82, 2.24) is 5.32 Å². The van der Waals surface area contributed by atoms with Gasteiger partial charge in [0.2, 0.25) is 6.04 Å². The van der Waals surface area contributed by atoms with Crippen molar-refractivity contribution in [2.24, 2.45) is 0 Å². The van der Waals surface area contributed by atoms with Crippen molar-refractivity contribution >= 4 is 12.1 Å². The van der Waals surface area contributed by atoms with Crippen LogP contribution >= 0.6 is 0 Å². The van der Waals surface area contributed by atoms with Gasteiger partial charge in [-0.1, -0.05) is 0 Å². The van der Waals surface area contributed by atoms with Gasteiger partial charge >= 0.3 is 18.2 Å². The van der Waals surface area contributed by atoms with E-state index < -0.39 is 24.3 Å². The lowest BCUT2D eigenvalue weighted by atomic mass is 10.3. The summed E-state index contributed by atoms with van der Waals surface area (Å²) in [6.07, 6.45) is -6.95. The van der Waals surface area contributed by atoms with E-state index in [1.165, 1.54) is 0 Å². The van der Waals surface area contributed by atoms with Gasteiger partial charge in [0.15, 0.2) is 0 Å². The van der Waals surface area contributed by atoms with Crippen molar-refractivity contribution in [2.45, 2.75) is 12.2 Å². The summed E-state index contributed by atoms with van der Waals surface area (Å²) in [5.74, 6) is -1.70. The van der Waals surface area contributed by atoms with Gasteiger partial charge in [0.25, 0.3) is 0 Å². The molecule has 1 unspecified atom stereocenters. The second-order valence-electron chi connectivity index (χ2n) is 1.95. The predicted molar refractivity (Wildman–Crippen MR) is 33.0 cm³/mol. The normalized spacial score (nSPS) is 13.2. The van der Waals surface area contributed by atoms with Gasteiger partial charge in [-0.25, -0.2) is 9.59 Å². The minimum absolute atomic E-state index is 0.727. The van der Waals surface area contributed by atoms with Crippen LogP contribution in [-0.2, 0) is 9.53 Å². The molecule has 0 aliphatic rings. The van der Waals surface area contributed by atoms with Crippen LogP contribution in [0.2, 0.25) is 0 Å². The van der Waals surface area contributed by atoms with Crippen LogP contribution in [0, 0.1) is 0 Å². The fourth-order valence-corrected chi connectivity index (χ4v) is 0.516. The van der Waals surface area contributed by atoms with Crippen LogP contribution in [0.1, 0.15) is 0 Å². The summed E-state index contributed by atoms with van der Waals surface area (Å²) < 4.78 is 39.4. The molecule has 0 bridgehead atoms. The molecule has 0 aliphatic heterocycles. The number of halogens is 3. The van der Waals surface area contributed by atoms with Gasteiger partial charge in [-0.3, -0.25) is 0 Å². The highest BCUT2D eigenvalue weighted by molar-refractivity contribution is 5.81. The molecule has 0 heterocycles. The largest absolute Gasteiger partial charge is 0.467 e. The number of carboxylic acid groups (broad SMARTS) is 1. The summed E-state index contributed by atoms with van der Waals surface area (Å²) in [6, 6.07) is -2.84. The average Bonchev–Trinajstić information content (AvgIpc) is 1.96. The Morgan fingerprint density at radius 2 is 1.92 bits per heavy atom. The quantitative estimate of drug-likeness (QED) is 0.632. The van der Waals surface area contributed by atoms with Crippen LogP contribution in [0.25, 0.3) is 0 Å². The van der Waals surface area contributed by atoms with Gasteiger partial charge in [-0.05, 0) is 0 Å². The van der Waals surface area contributed by atoms with Crippen molar-refractivity contribution in [3.8, 4) is 0 Å². The molecule has 0 aliphatic carbocycles. The van der Waals surface area contributed by atoms with Gasteiger partial charge in [0.1, 0.15) is 0 Å². The Morgan fingerprint density at radius 1 is 1.46 bits per heavy atom. The molecule has 13 heavy (non-hydrogen) atoms. The number of carbonyl (C=O) groups excluding carboxylic acids is 1. The summed E-state index contributed by atoms with van der Waals surface area (Å²) in [7, 11) is 0.727. The first-order chi connectivity index (χ1) is 5.79. The van der Waals surface area contributed by atoms with Gasteiger partial charge in [-0.2, -0.15) is 13.2 Å². The fourth-order valence-electron chi connectivity index (χ4n) is 0.516. The molecule has 0 saturated carbocycles. The predicted octanol–water partition coefficient (Wildman–Crippen LogP) is 0.358. The maximum Gasteiger partial charge on any atom is 0.419 e. The molecular weight excluding hydrogens is 195 g/mol. The molecule has 76 valence electrons. The number of hydrogen-bond acceptors (Lipinski definition) is 3. The summed E-state index contributed by atoms with van der Waals surface area (Å²) in [4.78, 5) is 20.3. The molecule has 0 rings (SSSR count).